The third-order valence-corrected chi connectivity index (χ3v) is 2.76. The summed E-state index contributed by atoms with van der Waals surface area (Å²) in [6, 6.07) is 0. The Bertz CT molecular complexity index is 89.1. The van der Waals surface area contributed by atoms with Crippen molar-refractivity contribution in [3.63, 3.8) is 0 Å². The molecule has 0 aromatic heterocycles. The number of hydrogen-bond acceptors (Lipinski definition) is 3. The van der Waals surface area contributed by atoms with Gasteiger partial charge in [-0.25, -0.2) is 0 Å². The molecule has 0 saturated heterocycles. The molecule has 0 bridgehead atoms. The summed E-state index contributed by atoms with van der Waals surface area (Å²) in [5.41, 5.74) is 0. The zero-order valence-electron chi connectivity index (χ0n) is 5.58. The number of rotatable bonds is 1. The number of aliphatic hydroxyl groups excluding tert-OH is 1. The van der Waals surface area contributed by atoms with Gasteiger partial charge in [0.2, 0.25) is 0 Å². The lowest BCUT2D eigenvalue weighted by molar-refractivity contribution is 0.141. The minimum atomic E-state index is -0.106. The lowest BCUT2D eigenvalue weighted by Crippen LogP contribution is -2.08. The van der Waals surface area contributed by atoms with Crippen LogP contribution in [0.2, 0.25) is 0 Å². The summed E-state index contributed by atoms with van der Waals surface area (Å²) < 4.78 is 0. The van der Waals surface area contributed by atoms with Crippen molar-refractivity contribution in [3.05, 3.63) is 0 Å². The van der Waals surface area contributed by atoms with Crippen LogP contribution in [0.25, 0.3) is 0 Å². The Morgan fingerprint density at radius 1 is 1.56 bits per heavy atom. The lowest BCUT2D eigenvalue weighted by atomic mass is 10.1. The monoisotopic (exact) mass is 147 g/mol. The topological polar surface area (TPSA) is 46.2 Å². The summed E-state index contributed by atoms with van der Waals surface area (Å²) >= 11 is 1.38. The second-order valence-corrected chi connectivity index (χ2v) is 3.71. The van der Waals surface area contributed by atoms with Crippen LogP contribution in [0.15, 0.2) is 0 Å². The molecule has 3 N–H and O–H groups in total. The molecule has 1 aliphatic rings. The summed E-state index contributed by atoms with van der Waals surface area (Å²) in [6.07, 6.45) is 1.84. The Morgan fingerprint density at radius 2 is 2.22 bits per heavy atom. The first kappa shape index (κ1) is 7.38. The van der Waals surface area contributed by atoms with E-state index in [0.29, 0.717) is 11.2 Å². The van der Waals surface area contributed by atoms with Crippen molar-refractivity contribution in [1.29, 1.82) is 0 Å². The maximum Gasteiger partial charge on any atom is 0.0577 e. The molecule has 54 valence electrons. The summed E-state index contributed by atoms with van der Waals surface area (Å²) in [5, 5.41) is 15.1. The smallest absolute Gasteiger partial charge is 0.0577 e. The molecular weight excluding hydrogens is 134 g/mol. The lowest BCUT2D eigenvalue weighted by Gasteiger charge is -2.03. The Balaban J connectivity index is 2.35. The van der Waals surface area contributed by atoms with E-state index >= 15 is 0 Å². The van der Waals surface area contributed by atoms with Crippen LogP contribution in [0, 0.1) is 5.92 Å². The van der Waals surface area contributed by atoms with E-state index in [-0.39, 0.29) is 6.10 Å². The van der Waals surface area contributed by atoms with Crippen LogP contribution in [0.1, 0.15) is 19.8 Å². The molecule has 3 atom stereocenters. The molecular formula is C6H13NOS. The van der Waals surface area contributed by atoms with Gasteiger partial charge in [-0.1, -0.05) is 18.9 Å². The van der Waals surface area contributed by atoms with Crippen LogP contribution in [0.3, 0.4) is 0 Å². The van der Waals surface area contributed by atoms with Gasteiger partial charge in [-0.3, -0.25) is 5.14 Å². The maximum atomic E-state index is 9.23. The third kappa shape index (κ3) is 1.60. The predicted octanol–water partition coefficient (Wildman–Crippen LogP) is 0.753. The molecule has 1 fully saturated rings. The van der Waals surface area contributed by atoms with E-state index in [1.165, 1.54) is 11.9 Å². The highest BCUT2D eigenvalue weighted by molar-refractivity contribution is 7.97. The quantitative estimate of drug-likeness (QED) is 0.538. The van der Waals surface area contributed by atoms with Crippen LogP contribution in [-0.2, 0) is 0 Å². The Labute approximate surface area is 60.0 Å². The molecule has 2 unspecified atom stereocenters. The van der Waals surface area contributed by atoms with Gasteiger partial charge in [0.25, 0.3) is 0 Å². The van der Waals surface area contributed by atoms with Crippen molar-refractivity contribution in [1.82, 2.24) is 0 Å². The Hall–Kier alpha value is 0.270. The van der Waals surface area contributed by atoms with Crippen LogP contribution >= 0.6 is 11.9 Å². The van der Waals surface area contributed by atoms with Gasteiger partial charge in [0.15, 0.2) is 0 Å². The van der Waals surface area contributed by atoms with E-state index < -0.39 is 0 Å². The maximum absolute atomic E-state index is 9.23. The molecule has 0 aromatic carbocycles. The minimum absolute atomic E-state index is 0.106. The number of hydrogen-bond donors (Lipinski definition) is 2. The molecule has 1 saturated carbocycles. The number of nitrogens with two attached hydrogens (primary N) is 1. The Morgan fingerprint density at radius 3 is 2.44 bits per heavy atom. The highest BCUT2D eigenvalue weighted by Crippen LogP contribution is 2.31. The van der Waals surface area contributed by atoms with Crippen LogP contribution in [-0.4, -0.2) is 16.5 Å². The van der Waals surface area contributed by atoms with Gasteiger partial charge in [-0.15, -0.1) is 0 Å². The van der Waals surface area contributed by atoms with E-state index in [1.807, 2.05) is 0 Å². The fourth-order valence-electron chi connectivity index (χ4n) is 1.28. The van der Waals surface area contributed by atoms with Gasteiger partial charge in [-0.2, -0.15) is 0 Å². The Kier molecular flexibility index (Phi) is 2.38. The molecule has 0 heterocycles. The average molecular weight is 147 g/mol. The van der Waals surface area contributed by atoms with Gasteiger partial charge < -0.3 is 5.11 Å². The van der Waals surface area contributed by atoms with Gasteiger partial charge in [0.05, 0.1) is 6.10 Å². The molecule has 9 heavy (non-hydrogen) atoms. The van der Waals surface area contributed by atoms with Crippen LogP contribution < -0.4 is 5.14 Å². The highest BCUT2D eigenvalue weighted by Gasteiger charge is 2.29. The second-order valence-electron chi connectivity index (χ2n) is 2.77. The zero-order chi connectivity index (χ0) is 6.85. The minimum Gasteiger partial charge on any atom is -0.393 e. The van der Waals surface area contributed by atoms with Crippen molar-refractivity contribution in [2.45, 2.75) is 31.1 Å². The van der Waals surface area contributed by atoms with E-state index in [4.69, 9.17) is 5.14 Å². The molecule has 0 aromatic rings. The van der Waals surface area contributed by atoms with Crippen LogP contribution in [0.5, 0.6) is 0 Å². The first-order valence-electron chi connectivity index (χ1n) is 3.27. The molecule has 1 rings (SSSR count). The first-order valence-corrected chi connectivity index (χ1v) is 4.22. The fourth-order valence-corrected chi connectivity index (χ4v) is 2.00. The van der Waals surface area contributed by atoms with Crippen molar-refractivity contribution in [2.24, 2.45) is 11.1 Å². The molecule has 0 aliphatic heterocycles. The molecule has 2 nitrogen and oxygen atoms in total. The second kappa shape index (κ2) is 2.90. The van der Waals surface area contributed by atoms with Crippen molar-refractivity contribution < 1.29 is 5.11 Å². The van der Waals surface area contributed by atoms with Crippen molar-refractivity contribution in [2.75, 3.05) is 0 Å². The standard InChI is InChI=1S/C6H13NOS/c1-4-2-5(9-7)3-6(4)8/h4-6,8H,2-3,7H2,1H3/t4?,5?,6-/m0/s1. The summed E-state index contributed by atoms with van der Waals surface area (Å²) in [5.74, 6) is 0.450. The van der Waals surface area contributed by atoms with E-state index in [1.54, 1.807) is 0 Å². The number of aliphatic hydroxyl groups is 1. The molecule has 0 spiro atoms. The third-order valence-electron chi connectivity index (χ3n) is 1.99. The SMILES string of the molecule is CC1CC(SN)C[C@@H]1O. The molecule has 0 radical (unpaired) electrons. The first-order chi connectivity index (χ1) is 4.24. The summed E-state index contributed by atoms with van der Waals surface area (Å²) in [7, 11) is 0. The molecule has 3 heteroatoms. The van der Waals surface area contributed by atoms with Crippen molar-refractivity contribution >= 4 is 11.9 Å². The largest absolute Gasteiger partial charge is 0.393 e. The average Bonchev–Trinajstić information content (AvgIpc) is 2.13. The zero-order valence-corrected chi connectivity index (χ0v) is 6.40. The van der Waals surface area contributed by atoms with E-state index in [2.05, 4.69) is 6.92 Å². The van der Waals surface area contributed by atoms with Gasteiger partial charge in [-0.05, 0) is 18.8 Å². The van der Waals surface area contributed by atoms with E-state index in [9.17, 15) is 5.11 Å². The van der Waals surface area contributed by atoms with E-state index in [0.717, 1.165) is 12.8 Å². The van der Waals surface area contributed by atoms with Gasteiger partial charge >= 0.3 is 0 Å². The summed E-state index contributed by atoms with van der Waals surface area (Å²) in [4.78, 5) is 0. The van der Waals surface area contributed by atoms with Crippen LogP contribution in [0.4, 0.5) is 0 Å². The predicted molar refractivity (Wildman–Crippen MR) is 40.0 cm³/mol. The highest BCUT2D eigenvalue weighted by atomic mass is 32.2. The molecule has 0 amide bonds. The van der Waals surface area contributed by atoms with Gasteiger partial charge in [0.1, 0.15) is 0 Å². The molecule has 1 aliphatic carbocycles. The fraction of sp³-hybridized carbons (Fsp3) is 1.00. The van der Waals surface area contributed by atoms with Crippen molar-refractivity contribution in [3.8, 4) is 0 Å². The van der Waals surface area contributed by atoms with Gasteiger partial charge in [0, 0.05) is 5.25 Å². The summed E-state index contributed by atoms with van der Waals surface area (Å²) in [6.45, 7) is 2.07. The normalized spacial score (nSPS) is 43.7.